The highest BCUT2D eigenvalue weighted by Gasteiger charge is 2.11. The van der Waals surface area contributed by atoms with Crippen molar-refractivity contribution in [1.82, 2.24) is 0 Å². The molecule has 0 unspecified atom stereocenters. The number of hydrogen-bond donors (Lipinski definition) is 1. The molecule has 20 heavy (non-hydrogen) atoms. The molecule has 0 radical (unpaired) electrons. The lowest BCUT2D eigenvalue weighted by Gasteiger charge is -2.09. The van der Waals surface area contributed by atoms with Gasteiger partial charge >= 0.3 is 0 Å². The summed E-state index contributed by atoms with van der Waals surface area (Å²) < 4.78 is 14.0. The number of aryl methyl sites for hydroxylation is 2. The highest BCUT2D eigenvalue weighted by molar-refractivity contribution is 5.71. The molecule has 0 heterocycles. The van der Waals surface area contributed by atoms with Crippen LogP contribution in [-0.2, 0) is 6.42 Å². The molecule has 0 saturated heterocycles. The van der Waals surface area contributed by atoms with E-state index in [9.17, 15) is 9.50 Å². The number of halogens is 1. The van der Waals surface area contributed by atoms with Crippen molar-refractivity contribution in [2.75, 3.05) is 0 Å². The minimum absolute atomic E-state index is 0.00114. The van der Waals surface area contributed by atoms with Crippen molar-refractivity contribution in [2.24, 2.45) is 0 Å². The summed E-state index contributed by atoms with van der Waals surface area (Å²) in [6.07, 6.45) is 4.67. The van der Waals surface area contributed by atoms with E-state index in [2.05, 4.69) is 6.92 Å². The van der Waals surface area contributed by atoms with Crippen LogP contribution in [0.3, 0.4) is 0 Å². The van der Waals surface area contributed by atoms with Gasteiger partial charge in [0.2, 0.25) is 0 Å². The van der Waals surface area contributed by atoms with Gasteiger partial charge in [-0.2, -0.15) is 0 Å². The second-order valence-electron chi connectivity index (χ2n) is 5.29. The minimum atomic E-state index is -0.374. The molecular weight excluding hydrogens is 251 g/mol. The molecule has 0 atom stereocenters. The predicted molar refractivity (Wildman–Crippen MR) is 81.5 cm³/mol. The molecule has 1 N–H and O–H groups in total. The summed E-state index contributed by atoms with van der Waals surface area (Å²) in [6, 6.07) is 10.8. The van der Waals surface area contributed by atoms with E-state index in [1.807, 2.05) is 24.3 Å². The Bertz CT molecular complexity index is 549. The molecule has 2 heteroatoms. The smallest absolute Gasteiger partial charge is 0.135 e. The zero-order valence-electron chi connectivity index (χ0n) is 12.1. The molecule has 0 spiro atoms. The molecule has 2 rings (SSSR count). The van der Waals surface area contributed by atoms with Gasteiger partial charge in [-0.05, 0) is 48.6 Å². The van der Waals surface area contributed by atoms with E-state index in [0.29, 0.717) is 0 Å². The van der Waals surface area contributed by atoms with Crippen LogP contribution in [0.2, 0.25) is 0 Å². The molecule has 2 aromatic carbocycles. The summed E-state index contributed by atoms with van der Waals surface area (Å²) in [5.74, 6) is -0.373. The standard InChI is InChI=1S/C18H21FO/c1-3-4-5-6-14-7-9-15(10-8-14)18-16(19)11-13(2)12-17(18)20/h7-12,20H,3-6H2,1-2H3. The number of aromatic hydroxyl groups is 1. The maximum atomic E-state index is 14.0. The lowest BCUT2D eigenvalue weighted by atomic mass is 9.99. The molecule has 2 aromatic rings. The van der Waals surface area contributed by atoms with Crippen molar-refractivity contribution in [3.63, 3.8) is 0 Å². The third kappa shape index (κ3) is 3.38. The number of rotatable bonds is 5. The Hall–Kier alpha value is -1.83. The molecule has 0 fully saturated rings. The summed E-state index contributed by atoms with van der Waals surface area (Å²) in [5, 5.41) is 9.93. The van der Waals surface area contributed by atoms with E-state index in [-0.39, 0.29) is 17.1 Å². The first kappa shape index (κ1) is 14.6. The van der Waals surface area contributed by atoms with Crippen LogP contribution >= 0.6 is 0 Å². The number of hydrogen-bond acceptors (Lipinski definition) is 1. The Morgan fingerprint density at radius 2 is 1.75 bits per heavy atom. The Labute approximate surface area is 120 Å². The van der Waals surface area contributed by atoms with Crippen LogP contribution in [0.4, 0.5) is 4.39 Å². The van der Waals surface area contributed by atoms with Crippen molar-refractivity contribution in [3.8, 4) is 16.9 Å². The van der Waals surface area contributed by atoms with Gasteiger partial charge in [0.25, 0.3) is 0 Å². The van der Waals surface area contributed by atoms with E-state index in [1.165, 1.54) is 30.9 Å². The second-order valence-corrected chi connectivity index (χ2v) is 5.29. The van der Waals surface area contributed by atoms with Gasteiger partial charge in [0, 0.05) is 0 Å². The SMILES string of the molecule is CCCCCc1ccc(-c2c(O)cc(C)cc2F)cc1. The van der Waals surface area contributed by atoms with Gasteiger partial charge in [0.05, 0.1) is 5.56 Å². The zero-order valence-corrected chi connectivity index (χ0v) is 12.1. The lowest BCUT2D eigenvalue weighted by molar-refractivity contribution is 0.471. The van der Waals surface area contributed by atoms with Gasteiger partial charge in [-0.15, -0.1) is 0 Å². The third-order valence-electron chi connectivity index (χ3n) is 3.53. The first-order valence-corrected chi connectivity index (χ1v) is 7.20. The molecule has 0 bridgehead atoms. The van der Waals surface area contributed by atoms with Gasteiger partial charge < -0.3 is 5.11 Å². The summed E-state index contributed by atoms with van der Waals surface area (Å²) in [4.78, 5) is 0. The number of unbranched alkanes of at least 4 members (excludes halogenated alkanes) is 2. The van der Waals surface area contributed by atoms with Gasteiger partial charge in [-0.1, -0.05) is 44.0 Å². The first-order chi connectivity index (χ1) is 9.61. The fourth-order valence-corrected chi connectivity index (χ4v) is 2.43. The summed E-state index contributed by atoms with van der Waals surface area (Å²) >= 11 is 0. The molecule has 0 aliphatic heterocycles. The van der Waals surface area contributed by atoms with Gasteiger partial charge in [0.15, 0.2) is 0 Å². The third-order valence-corrected chi connectivity index (χ3v) is 3.53. The number of benzene rings is 2. The van der Waals surface area contributed by atoms with E-state index in [1.54, 1.807) is 13.0 Å². The van der Waals surface area contributed by atoms with Crippen molar-refractivity contribution in [3.05, 3.63) is 53.3 Å². The highest BCUT2D eigenvalue weighted by Crippen LogP contribution is 2.33. The Morgan fingerprint density at radius 3 is 2.35 bits per heavy atom. The van der Waals surface area contributed by atoms with Gasteiger partial charge in [0.1, 0.15) is 11.6 Å². The van der Waals surface area contributed by atoms with E-state index < -0.39 is 0 Å². The summed E-state index contributed by atoms with van der Waals surface area (Å²) in [6.45, 7) is 3.95. The first-order valence-electron chi connectivity index (χ1n) is 7.20. The van der Waals surface area contributed by atoms with Crippen LogP contribution in [0.25, 0.3) is 11.1 Å². The van der Waals surface area contributed by atoms with Crippen molar-refractivity contribution >= 4 is 0 Å². The normalized spacial score (nSPS) is 10.8. The molecule has 1 nitrogen and oxygen atoms in total. The quantitative estimate of drug-likeness (QED) is 0.738. The van der Waals surface area contributed by atoms with Crippen LogP contribution in [-0.4, -0.2) is 5.11 Å². The summed E-state index contributed by atoms with van der Waals surface area (Å²) in [7, 11) is 0. The fraction of sp³-hybridized carbons (Fsp3) is 0.333. The predicted octanol–water partition coefficient (Wildman–Crippen LogP) is 5.24. The number of phenolic OH excluding ortho intramolecular Hbond substituents is 1. The van der Waals surface area contributed by atoms with E-state index in [0.717, 1.165) is 17.5 Å². The average molecular weight is 272 g/mol. The lowest BCUT2D eigenvalue weighted by Crippen LogP contribution is -1.89. The molecule has 0 aromatic heterocycles. The van der Waals surface area contributed by atoms with Crippen LogP contribution in [0.5, 0.6) is 5.75 Å². The van der Waals surface area contributed by atoms with Crippen LogP contribution in [0.1, 0.15) is 37.3 Å². The molecule has 0 amide bonds. The molecular formula is C18H21FO. The van der Waals surface area contributed by atoms with Gasteiger partial charge in [-0.25, -0.2) is 4.39 Å². The fourth-order valence-electron chi connectivity index (χ4n) is 2.43. The van der Waals surface area contributed by atoms with Crippen LogP contribution in [0.15, 0.2) is 36.4 Å². The molecule has 0 aliphatic carbocycles. The van der Waals surface area contributed by atoms with E-state index in [4.69, 9.17) is 0 Å². The van der Waals surface area contributed by atoms with Crippen LogP contribution < -0.4 is 0 Å². The maximum Gasteiger partial charge on any atom is 0.135 e. The molecule has 0 aliphatic rings. The Morgan fingerprint density at radius 1 is 1.05 bits per heavy atom. The van der Waals surface area contributed by atoms with Gasteiger partial charge in [-0.3, -0.25) is 0 Å². The molecule has 0 saturated carbocycles. The highest BCUT2D eigenvalue weighted by atomic mass is 19.1. The summed E-state index contributed by atoms with van der Waals surface area (Å²) in [5.41, 5.74) is 2.99. The second kappa shape index (κ2) is 6.56. The Balaban J connectivity index is 2.22. The topological polar surface area (TPSA) is 20.2 Å². The van der Waals surface area contributed by atoms with E-state index >= 15 is 0 Å². The average Bonchev–Trinajstić information content (AvgIpc) is 2.39. The zero-order chi connectivity index (χ0) is 14.5. The van der Waals surface area contributed by atoms with Crippen molar-refractivity contribution < 1.29 is 9.50 Å². The van der Waals surface area contributed by atoms with Crippen LogP contribution in [0, 0.1) is 12.7 Å². The van der Waals surface area contributed by atoms with Crippen molar-refractivity contribution in [1.29, 1.82) is 0 Å². The monoisotopic (exact) mass is 272 g/mol. The maximum absolute atomic E-state index is 14.0. The largest absolute Gasteiger partial charge is 0.507 e. The molecule has 106 valence electrons. The number of phenols is 1. The van der Waals surface area contributed by atoms with Crippen molar-refractivity contribution in [2.45, 2.75) is 39.5 Å². The Kier molecular flexibility index (Phi) is 4.78. The minimum Gasteiger partial charge on any atom is -0.507 e.